The molecule has 3 aromatic carbocycles. The molecule has 0 bridgehead atoms. The Hall–Kier alpha value is -5.77. The normalized spacial score (nSPS) is 22.9. The minimum Gasteiger partial charge on any atom is -0.496 e. The van der Waals surface area contributed by atoms with Crippen LogP contribution in [0.4, 0.5) is 10.5 Å². The number of aliphatic hydroxyl groups excluding tert-OH is 2. The second-order valence-corrected chi connectivity index (χ2v) is 15.6. The van der Waals surface area contributed by atoms with Crippen molar-refractivity contribution < 1.29 is 53.2 Å². The lowest BCUT2D eigenvalue weighted by Gasteiger charge is -2.59. The number of carbonyl (C=O) groups excluding carboxylic acids is 2. The van der Waals surface area contributed by atoms with E-state index >= 15 is 0 Å². The highest BCUT2D eigenvalue weighted by atomic mass is 16.7. The van der Waals surface area contributed by atoms with Crippen LogP contribution in [-0.4, -0.2) is 90.0 Å². The number of unbranched alkanes of at least 4 members (excludes halogenated alkanes) is 2. The Kier molecular flexibility index (Phi) is 15.8. The van der Waals surface area contributed by atoms with Crippen molar-refractivity contribution in [3.63, 3.8) is 0 Å². The maximum absolute atomic E-state index is 14.5. The SMILES string of the molecule is C=CCO[C@@]12Oc3ccc(Oc4ccc(OC)c(C=O)c4)cc3[C@H]3[C@H](CCCCO)[C@@H](CCCCO)C=C(C(=NOCC)C[C@@H]1N(CCC)C(=O)Oc1ccc([N+](=O)[O-])cc1)[C@H]32. The Morgan fingerprint density at radius 2 is 1.73 bits per heavy atom. The molecule has 62 heavy (non-hydrogen) atoms. The number of oxime groups is 1. The molecule has 1 saturated carbocycles. The summed E-state index contributed by atoms with van der Waals surface area (Å²) in [7, 11) is 1.50. The summed E-state index contributed by atoms with van der Waals surface area (Å²) in [6.07, 6.45) is 8.91. The zero-order chi connectivity index (χ0) is 44.2. The minimum absolute atomic E-state index is 0.0167. The molecule has 1 aliphatic heterocycles. The fraction of sp³-hybridized carbons (Fsp3) is 0.468. The highest BCUT2D eigenvalue weighted by molar-refractivity contribution is 6.03. The van der Waals surface area contributed by atoms with Crippen molar-refractivity contribution in [2.75, 3.05) is 40.1 Å². The van der Waals surface area contributed by atoms with Gasteiger partial charge in [-0.2, -0.15) is 0 Å². The van der Waals surface area contributed by atoms with Gasteiger partial charge in [-0.25, -0.2) is 4.79 Å². The third-order valence-corrected chi connectivity index (χ3v) is 11.8. The van der Waals surface area contributed by atoms with Crippen LogP contribution in [0.15, 0.2) is 90.1 Å². The Morgan fingerprint density at radius 3 is 2.39 bits per heavy atom. The summed E-state index contributed by atoms with van der Waals surface area (Å²) >= 11 is 0. The van der Waals surface area contributed by atoms with E-state index in [4.69, 9.17) is 33.7 Å². The quantitative estimate of drug-likeness (QED) is 0.0322. The molecule has 1 amide bonds. The van der Waals surface area contributed by atoms with Gasteiger partial charge in [-0.05, 0) is 105 Å². The van der Waals surface area contributed by atoms with E-state index in [1.54, 1.807) is 35.2 Å². The van der Waals surface area contributed by atoms with Crippen LogP contribution in [0.5, 0.6) is 28.7 Å². The molecule has 2 N–H and O–H groups in total. The van der Waals surface area contributed by atoms with Crippen molar-refractivity contribution in [2.45, 2.75) is 83.0 Å². The fourth-order valence-electron chi connectivity index (χ4n) is 9.27. The summed E-state index contributed by atoms with van der Waals surface area (Å²) in [6, 6.07) is 15.1. The number of nitrogens with zero attached hydrogens (tertiary/aromatic N) is 3. The van der Waals surface area contributed by atoms with Gasteiger partial charge in [0.1, 0.15) is 41.4 Å². The van der Waals surface area contributed by atoms with Gasteiger partial charge in [-0.15, -0.1) is 6.58 Å². The first kappa shape index (κ1) is 45.7. The molecule has 0 aromatic heterocycles. The predicted octanol–water partition coefficient (Wildman–Crippen LogP) is 8.77. The summed E-state index contributed by atoms with van der Waals surface area (Å²) < 4.78 is 32.0. The van der Waals surface area contributed by atoms with E-state index in [1.165, 1.54) is 31.4 Å². The van der Waals surface area contributed by atoms with Gasteiger partial charge in [-0.1, -0.05) is 37.1 Å². The first-order valence-corrected chi connectivity index (χ1v) is 21.4. The van der Waals surface area contributed by atoms with E-state index in [0.29, 0.717) is 66.4 Å². The van der Waals surface area contributed by atoms with Crippen molar-refractivity contribution in [1.82, 2.24) is 4.90 Å². The Balaban J connectivity index is 1.55. The van der Waals surface area contributed by atoms with Gasteiger partial charge in [-0.3, -0.25) is 19.8 Å². The molecular formula is C47H57N3O12. The summed E-state index contributed by atoms with van der Waals surface area (Å²) in [5, 5.41) is 35.9. The molecule has 3 aromatic rings. The van der Waals surface area contributed by atoms with E-state index in [9.17, 15) is 29.9 Å². The molecule has 15 heteroatoms. The maximum Gasteiger partial charge on any atom is 0.415 e. The lowest BCUT2D eigenvalue weighted by molar-refractivity contribution is -0.384. The summed E-state index contributed by atoms with van der Waals surface area (Å²) in [5.74, 6) is -0.378. The fourth-order valence-corrected chi connectivity index (χ4v) is 9.27. The molecule has 15 nitrogen and oxygen atoms in total. The van der Waals surface area contributed by atoms with Gasteiger partial charge in [0.25, 0.3) is 5.69 Å². The van der Waals surface area contributed by atoms with Crippen molar-refractivity contribution >= 4 is 23.8 Å². The largest absolute Gasteiger partial charge is 0.496 e. The number of rotatable bonds is 22. The molecule has 6 atom stereocenters. The van der Waals surface area contributed by atoms with Crippen LogP contribution < -0.4 is 18.9 Å². The van der Waals surface area contributed by atoms with Gasteiger partial charge < -0.3 is 38.7 Å². The lowest BCUT2D eigenvalue weighted by atomic mass is 9.55. The number of benzene rings is 3. The Labute approximate surface area is 362 Å². The Bertz CT molecular complexity index is 2110. The number of aliphatic hydroxyl groups is 2. The zero-order valence-corrected chi connectivity index (χ0v) is 35.6. The number of fused-ring (bicyclic) bond motifs is 2. The number of aldehydes is 1. The summed E-state index contributed by atoms with van der Waals surface area (Å²) in [5.41, 5.74) is 2.56. The van der Waals surface area contributed by atoms with Crippen LogP contribution in [0, 0.1) is 27.9 Å². The van der Waals surface area contributed by atoms with Gasteiger partial charge in [0.05, 0.1) is 35.8 Å². The number of hydrogen-bond donors (Lipinski definition) is 2. The molecule has 2 aliphatic carbocycles. The van der Waals surface area contributed by atoms with E-state index in [2.05, 4.69) is 12.7 Å². The summed E-state index contributed by atoms with van der Waals surface area (Å²) in [4.78, 5) is 44.7. The average Bonchev–Trinajstić information content (AvgIpc) is 3.28. The molecule has 0 saturated heterocycles. The molecule has 0 radical (unpaired) electrons. The molecular weight excluding hydrogens is 799 g/mol. The minimum atomic E-state index is -1.52. The Morgan fingerprint density at radius 1 is 1.02 bits per heavy atom. The maximum atomic E-state index is 14.5. The highest BCUT2D eigenvalue weighted by Crippen LogP contribution is 2.62. The van der Waals surface area contributed by atoms with Crippen molar-refractivity contribution in [3.8, 4) is 28.7 Å². The number of ether oxygens (including phenoxy) is 5. The molecule has 332 valence electrons. The molecule has 1 heterocycles. The molecule has 6 rings (SSSR count). The average molecular weight is 856 g/mol. The number of hydrogen-bond acceptors (Lipinski definition) is 13. The third kappa shape index (κ3) is 9.80. The first-order valence-electron chi connectivity index (χ1n) is 21.4. The lowest BCUT2D eigenvalue weighted by Crippen LogP contribution is -2.70. The number of methoxy groups -OCH3 is 1. The van der Waals surface area contributed by atoms with E-state index in [-0.39, 0.29) is 62.0 Å². The van der Waals surface area contributed by atoms with Gasteiger partial charge in [0.2, 0.25) is 5.79 Å². The molecule has 1 fully saturated rings. The van der Waals surface area contributed by atoms with Crippen molar-refractivity contribution in [1.29, 1.82) is 0 Å². The van der Waals surface area contributed by atoms with Crippen LogP contribution in [-0.2, 0) is 9.57 Å². The van der Waals surface area contributed by atoms with Crippen molar-refractivity contribution in [2.24, 2.45) is 22.9 Å². The van der Waals surface area contributed by atoms with Crippen LogP contribution in [0.2, 0.25) is 0 Å². The highest BCUT2D eigenvalue weighted by Gasteiger charge is 2.65. The third-order valence-electron chi connectivity index (χ3n) is 11.8. The second kappa shape index (κ2) is 21.3. The number of allylic oxidation sites excluding steroid dienone is 1. The zero-order valence-electron chi connectivity index (χ0n) is 35.6. The second-order valence-electron chi connectivity index (χ2n) is 15.6. The smallest absolute Gasteiger partial charge is 0.415 e. The van der Waals surface area contributed by atoms with Gasteiger partial charge in [0.15, 0.2) is 6.29 Å². The molecule has 0 spiro atoms. The predicted molar refractivity (Wildman–Crippen MR) is 231 cm³/mol. The topological polar surface area (TPSA) is 189 Å². The van der Waals surface area contributed by atoms with Crippen molar-refractivity contribution in [3.05, 3.63) is 106 Å². The number of non-ortho nitro benzene ring substituents is 1. The number of amides is 1. The number of nitro groups is 1. The van der Waals surface area contributed by atoms with Gasteiger partial charge in [0, 0.05) is 49.8 Å². The van der Waals surface area contributed by atoms with E-state index in [0.717, 1.165) is 36.8 Å². The molecule has 3 aliphatic rings. The van der Waals surface area contributed by atoms with Crippen LogP contribution in [0.3, 0.4) is 0 Å². The number of nitro benzene ring substituents is 1. The first-order chi connectivity index (χ1) is 30.2. The van der Waals surface area contributed by atoms with Gasteiger partial charge >= 0.3 is 6.09 Å². The monoisotopic (exact) mass is 855 g/mol. The summed E-state index contributed by atoms with van der Waals surface area (Å²) in [6.45, 7) is 8.51. The van der Waals surface area contributed by atoms with E-state index < -0.39 is 28.8 Å². The van der Waals surface area contributed by atoms with Crippen LogP contribution in [0.25, 0.3) is 0 Å². The molecule has 0 unspecified atom stereocenters. The van der Waals surface area contributed by atoms with E-state index in [1.807, 2.05) is 26.0 Å². The van der Waals surface area contributed by atoms with Crippen LogP contribution in [0.1, 0.15) is 87.1 Å². The number of carbonyl (C=O) groups is 2. The van der Waals surface area contributed by atoms with Crippen LogP contribution >= 0.6 is 0 Å². The standard InChI is InChI=1S/C47H57N3O12/c1-5-22-49(46(54)61-34-16-14-33(15-17-34)50(55)56)43-29-40(48-59-7-3)38-27-31(12-8-10-23-51)37(13-9-11-24-52)44-39-28-36(60-35-18-20-41(57-4)32(26-35)30-53)19-21-42(39)62-47(43,45(38)44)58-25-6-2/h6,14-21,26-28,30-31,37,43-45,51-52H,2,5,7-13,22-25,29H2,1,3-4H3/t31-,37+,43-,44+,45+,47+/m0/s1.